The fourth-order valence-electron chi connectivity index (χ4n) is 2.08. The quantitative estimate of drug-likeness (QED) is 0.874. The van der Waals surface area contributed by atoms with E-state index in [0.29, 0.717) is 23.5 Å². The van der Waals surface area contributed by atoms with Crippen LogP contribution in [0.25, 0.3) is 0 Å². The maximum Gasteiger partial charge on any atom is 0.263 e. The molecule has 0 aliphatic rings. The van der Waals surface area contributed by atoms with E-state index >= 15 is 0 Å². The molecule has 1 aromatic heterocycles. The number of thiazole rings is 1. The van der Waals surface area contributed by atoms with Crippen LogP contribution in [0.3, 0.4) is 0 Å². The van der Waals surface area contributed by atoms with E-state index in [1.807, 2.05) is 19.1 Å². The van der Waals surface area contributed by atoms with E-state index in [1.165, 1.54) is 11.3 Å². The van der Waals surface area contributed by atoms with Gasteiger partial charge in [-0.25, -0.2) is 4.98 Å². The monoisotopic (exact) mass is 345 g/mol. The Morgan fingerprint density at radius 1 is 1.17 bits per heavy atom. The summed E-state index contributed by atoms with van der Waals surface area (Å²) in [5.41, 5.74) is 1.41. The smallest absolute Gasteiger partial charge is 0.263 e. The maximum atomic E-state index is 12.3. The van der Waals surface area contributed by atoms with Gasteiger partial charge >= 0.3 is 0 Å². The van der Waals surface area contributed by atoms with E-state index in [0.717, 1.165) is 10.6 Å². The van der Waals surface area contributed by atoms with E-state index in [9.17, 15) is 9.59 Å². The third kappa shape index (κ3) is 4.64. The van der Waals surface area contributed by atoms with Crippen LogP contribution in [-0.4, -0.2) is 23.3 Å². The Labute approximate surface area is 146 Å². The van der Waals surface area contributed by atoms with E-state index < -0.39 is 0 Å². The third-order valence-electron chi connectivity index (χ3n) is 3.35. The summed E-state index contributed by atoms with van der Waals surface area (Å²) in [6, 6.07) is 7.25. The Morgan fingerprint density at radius 3 is 2.54 bits per heavy atom. The largest absolute Gasteiger partial charge is 0.352 e. The molecule has 128 valence electrons. The molecule has 24 heavy (non-hydrogen) atoms. The van der Waals surface area contributed by atoms with Crippen molar-refractivity contribution in [3.63, 3.8) is 0 Å². The highest BCUT2D eigenvalue weighted by atomic mass is 32.1. The molecule has 2 N–H and O–H groups in total. The predicted molar refractivity (Wildman–Crippen MR) is 96.4 cm³/mol. The summed E-state index contributed by atoms with van der Waals surface area (Å²) in [7, 11) is 0. The van der Waals surface area contributed by atoms with Crippen molar-refractivity contribution in [3.8, 4) is 0 Å². The molecule has 0 aliphatic heterocycles. The summed E-state index contributed by atoms with van der Waals surface area (Å²) in [6.45, 7) is 9.04. The van der Waals surface area contributed by atoms with Crippen LogP contribution in [-0.2, 0) is 12.0 Å². The summed E-state index contributed by atoms with van der Waals surface area (Å²) in [6.07, 6.45) is 1.62. The fourth-order valence-corrected chi connectivity index (χ4v) is 2.97. The van der Waals surface area contributed by atoms with Gasteiger partial charge in [-0.2, -0.15) is 0 Å². The van der Waals surface area contributed by atoms with Crippen molar-refractivity contribution in [2.24, 2.45) is 0 Å². The maximum absolute atomic E-state index is 12.3. The number of nitrogens with one attached hydrogen (secondary N) is 2. The average molecular weight is 345 g/mol. The van der Waals surface area contributed by atoms with Gasteiger partial charge in [-0.3, -0.25) is 9.59 Å². The zero-order valence-corrected chi connectivity index (χ0v) is 15.3. The highest BCUT2D eigenvalue weighted by Gasteiger charge is 2.20. The second kappa shape index (κ2) is 7.57. The third-order valence-corrected chi connectivity index (χ3v) is 4.77. The molecule has 0 saturated carbocycles. The molecule has 2 aromatic rings. The molecule has 2 amide bonds. The summed E-state index contributed by atoms with van der Waals surface area (Å²) >= 11 is 1.41. The number of nitrogens with zero attached hydrogens (tertiary/aromatic N) is 1. The Hall–Kier alpha value is -2.21. The normalized spacial score (nSPS) is 11.2. The van der Waals surface area contributed by atoms with Gasteiger partial charge in [0.2, 0.25) is 0 Å². The summed E-state index contributed by atoms with van der Waals surface area (Å²) in [4.78, 5) is 29.0. The standard InChI is InChI=1S/C18H23N3O2S/c1-5-19-15(22)13-8-6-7-12(9-13)10-20-16(23)14-11-21-17(24-14)18(2,3)4/h6-9,11H,5,10H2,1-4H3,(H,19,22)(H,20,23). The van der Waals surface area contributed by atoms with Gasteiger partial charge < -0.3 is 10.6 Å². The van der Waals surface area contributed by atoms with Crippen molar-refractivity contribution in [2.45, 2.75) is 39.7 Å². The Kier molecular flexibility index (Phi) is 5.72. The number of amides is 2. The number of rotatable bonds is 5. The number of aromatic nitrogens is 1. The van der Waals surface area contributed by atoms with Crippen LogP contribution in [0.5, 0.6) is 0 Å². The molecule has 0 bridgehead atoms. The predicted octanol–water partition coefficient (Wildman–Crippen LogP) is 3.12. The molecule has 0 aliphatic carbocycles. The molecule has 6 heteroatoms. The molecule has 1 aromatic carbocycles. The molecular weight excluding hydrogens is 322 g/mol. The van der Waals surface area contributed by atoms with Crippen molar-refractivity contribution in [1.29, 1.82) is 0 Å². The van der Waals surface area contributed by atoms with Crippen LogP contribution in [0.15, 0.2) is 30.5 Å². The summed E-state index contributed by atoms with van der Waals surface area (Å²) in [5, 5.41) is 6.58. The molecule has 0 atom stereocenters. The number of hydrogen-bond acceptors (Lipinski definition) is 4. The first kappa shape index (κ1) is 18.1. The van der Waals surface area contributed by atoms with Gasteiger partial charge in [-0.15, -0.1) is 11.3 Å². The highest BCUT2D eigenvalue weighted by Crippen LogP contribution is 2.26. The first-order valence-electron chi connectivity index (χ1n) is 7.93. The Bertz CT molecular complexity index is 732. The summed E-state index contributed by atoms with van der Waals surface area (Å²) in [5.74, 6) is -0.255. The van der Waals surface area contributed by atoms with Crippen LogP contribution >= 0.6 is 11.3 Å². The van der Waals surface area contributed by atoms with Crippen molar-refractivity contribution >= 4 is 23.2 Å². The molecule has 0 fully saturated rings. The second-order valence-electron chi connectivity index (χ2n) is 6.52. The molecule has 0 unspecified atom stereocenters. The van der Waals surface area contributed by atoms with Gasteiger partial charge in [0.1, 0.15) is 4.88 Å². The van der Waals surface area contributed by atoms with E-state index in [-0.39, 0.29) is 17.2 Å². The lowest BCUT2D eigenvalue weighted by Gasteiger charge is -2.13. The van der Waals surface area contributed by atoms with Crippen molar-refractivity contribution in [1.82, 2.24) is 15.6 Å². The molecule has 5 nitrogen and oxygen atoms in total. The Morgan fingerprint density at radius 2 is 1.92 bits per heavy atom. The van der Waals surface area contributed by atoms with Crippen LogP contribution in [0.1, 0.15) is 58.3 Å². The van der Waals surface area contributed by atoms with Gasteiger partial charge in [0, 0.05) is 24.1 Å². The molecule has 2 rings (SSSR count). The van der Waals surface area contributed by atoms with E-state index in [2.05, 4.69) is 36.4 Å². The van der Waals surface area contributed by atoms with Crippen LogP contribution in [0.4, 0.5) is 0 Å². The van der Waals surface area contributed by atoms with Crippen molar-refractivity contribution in [3.05, 3.63) is 51.5 Å². The first-order chi connectivity index (χ1) is 11.3. The van der Waals surface area contributed by atoms with Crippen LogP contribution in [0.2, 0.25) is 0 Å². The van der Waals surface area contributed by atoms with Crippen LogP contribution in [0, 0.1) is 0 Å². The average Bonchev–Trinajstić information content (AvgIpc) is 3.03. The van der Waals surface area contributed by atoms with Gasteiger partial charge in [0.15, 0.2) is 0 Å². The van der Waals surface area contributed by atoms with Crippen molar-refractivity contribution < 1.29 is 9.59 Å². The zero-order chi connectivity index (χ0) is 17.7. The van der Waals surface area contributed by atoms with Crippen molar-refractivity contribution in [2.75, 3.05) is 6.54 Å². The lowest BCUT2D eigenvalue weighted by molar-refractivity contribution is 0.0949. The number of carbonyl (C=O) groups is 2. The van der Waals surface area contributed by atoms with Gasteiger partial charge in [-0.05, 0) is 24.6 Å². The Balaban J connectivity index is 2.00. The highest BCUT2D eigenvalue weighted by molar-refractivity contribution is 7.13. The van der Waals surface area contributed by atoms with Crippen LogP contribution < -0.4 is 10.6 Å². The fraction of sp³-hybridized carbons (Fsp3) is 0.389. The SMILES string of the molecule is CCNC(=O)c1cccc(CNC(=O)c2cnc(C(C)(C)C)s2)c1. The topological polar surface area (TPSA) is 71.1 Å². The van der Waals surface area contributed by atoms with Gasteiger partial charge in [0.05, 0.1) is 11.2 Å². The van der Waals surface area contributed by atoms with E-state index in [1.54, 1.807) is 18.3 Å². The molecule has 0 radical (unpaired) electrons. The molecular formula is C18H23N3O2S. The number of carbonyl (C=O) groups excluding carboxylic acids is 2. The first-order valence-corrected chi connectivity index (χ1v) is 8.74. The van der Waals surface area contributed by atoms with E-state index in [4.69, 9.17) is 0 Å². The lowest BCUT2D eigenvalue weighted by atomic mass is 9.98. The molecule has 0 spiro atoms. The minimum absolute atomic E-state index is 0.0653. The minimum Gasteiger partial charge on any atom is -0.352 e. The number of benzene rings is 1. The molecule has 1 heterocycles. The summed E-state index contributed by atoms with van der Waals surface area (Å²) < 4.78 is 0. The minimum atomic E-state index is -0.147. The zero-order valence-electron chi connectivity index (χ0n) is 14.5. The second-order valence-corrected chi connectivity index (χ2v) is 7.55. The van der Waals surface area contributed by atoms with Gasteiger partial charge in [-0.1, -0.05) is 32.9 Å². The van der Waals surface area contributed by atoms with Gasteiger partial charge in [0.25, 0.3) is 11.8 Å². The number of hydrogen-bond donors (Lipinski definition) is 2. The lowest BCUT2D eigenvalue weighted by Crippen LogP contribution is -2.24. The molecule has 0 saturated heterocycles.